The van der Waals surface area contributed by atoms with Gasteiger partial charge in [0.1, 0.15) is 5.82 Å². The molecule has 1 aliphatic rings. The van der Waals surface area contributed by atoms with Crippen LogP contribution in [0.15, 0.2) is 24.3 Å². The van der Waals surface area contributed by atoms with E-state index in [2.05, 4.69) is 19.2 Å². The van der Waals surface area contributed by atoms with E-state index in [0.717, 1.165) is 5.92 Å². The van der Waals surface area contributed by atoms with Gasteiger partial charge in [0.2, 0.25) is 0 Å². The maximum absolute atomic E-state index is 12.9. The highest BCUT2D eigenvalue weighted by atomic mass is 19.1. The molecule has 1 aromatic rings. The van der Waals surface area contributed by atoms with Crippen LogP contribution in [0.4, 0.5) is 4.39 Å². The highest BCUT2D eigenvalue weighted by molar-refractivity contribution is 5.19. The number of benzene rings is 1. The molecule has 0 aromatic heterocycles. The lowest BCUT2D eigenvalue weighted by Crippen LogP contribution is -2.39. The van der Waals surface area contributed by atoms with Crippen molar-refractivity contribution in [3.05, 3.63) is 35.6 Å². The van der Waals surface area contributed by atoms with Gasteiger partial charge in [-0.1, -0.05) is 38.3 Å². The van der Waals surface area contributed by atoms with Gasteiger partial charge in [0.05, 0.1) is 0 Å². The van der Waals surface area contributed by atoms with Gasteiger partial charge >= 0.3 is 0 Å². The number of nitrogens with one attached hydrogen (secondary N) is 1. The Kier molecular flexibility index (Phi) is 4.76. The Hall–Kier alpha value is -0.890. The normalized spacial score (nSPS) is 25.9. The summed E-state index contributed by atoms with van der Waals surface area (Å²) in [6.07, 6.45) is 6.61. The van der Waals surface area contributed by atoms with Crippen molar-refractivity contribution in [3.8, 4) is 0 Å². The summed E-state index contributed by atoms with van der Waals surface area (Å²) in [6, 6.07) is 7.80. The highest BCUT2D eigenvalue weighted by Crippen LogP contribution is 2.28. The van der Waals surface area contributed by atoms with Crippen LogP contribution in [0.1, 0.15) is 57.6 Å². The lowest BCUT2D eigenvalue weighted by atomic mass is 9.82. The standard InChI is InChI=1S/C16H24FN/c1-3-13-6-4-5-7-16(13)18-12(2)14-8-10-15(17)11-9-14/h8-13,16,18H,3-7H2,1-2H3. The van der Waals surface area contributed by atoms with Crippen molar-refractivity contribution in [1.82, 2.24) is 5.32 Å². The first-order chi connectivity index (χ1) is 8.70. The fraction of sp³-hybridized carbons (Fsp3) is 0.625. The number of rotatable bonds is 4. The summed E-state index contributed by atoms with van der Waals surface area (Å²) >= 11 is 0. The van der Waals surface area contributed by atoms with E-state index in [4.69, 9.17) is 0 Å². The second kappa shape index (κ2) is 6.33. The van der Waals surface area contributed by atoms with Crippen molar-refractivity contribution in [3.63, 3.8) is 0 Å². The zero-order valence-corrected chi connectivity index (χ0v) is 11.5. The van der Waals surface area contributed by atoms with Crippen LogP contribution in [0.3, 0.4) is 0 Å². The fourth-order valence-electron chi connectivity index (χ4n) is 3.08. The first-order valence-corrected chi connectivity index (χ1v) is 7.22. The summed E-state index contributed by atoms with van der Waals surface area (Å²) < 4.78 is 12.9. The second-order valence-electron chi connectivity index (χ2n) is 5.50. The topological polar surface area (TPSA) is 12.0 Å². The average molecular weight is 249 g/mol. The molecule has 100 valence electrons. The first kappa shape index (κ1) is 13.5. The Labute approximate surface area is 110 Å². The van der Waals surface area contributed by atoms with Gasteiger partial charge in [0.15, 0.2) is 0 Å². The van der Waals surface area contributed by atoms with E-state index in [1.54, 1.807) is 12.1 Å². The van der Waals surface area contributed by atoms with Crippen LogP contribution in [-0.4, -0.2) is 6.04 Å². The number of hydrogen-bond acceptors (Lipinski definition) is 1. The fourth-order valence-corrected chi connectivity index (χ4v) is 3.08. The molecular weight excluding hydrogens is 225 g/mol. The van der Waals surface area contributed by atoms with Crippen molar-refractivity contribution >= 4 is 0 Å². The van der Waals surface area contributed by atoms with Crippen LogP contribution >= 0.6 is 0 Å². The van der Waals surface area contributed by atoms with Crippen LogP contribution in [0.2, 0.25) is 0 Å². The van der Waals surface area contributed by atoms with E-state index in [0.29, 0.717) is 12.1 Å². The van der Waals surface area contributed by atoms with Crippen molar-refractivity contribution in [1.29, 1.82) is 0 Å². The van der Waals surface area contributed by atoms with E-state index < -0.39 is 0 Å². The number of hydrogen-bond donors (Lipinski definition) is 1. The predicted octanol–water partition coefficient (Wildman–Crippen LogP) is 4.45. The molecule has 1 saturated carbocycles. The van der Waals surface area contributed by atoms with Crippen LogP contribution in [0.5, 0.6) is 0 Å². The lowest BCUT2D eigenvalue weighted by molar-refractivity contribution is 0.240. The number of halogens is 1. The summed E-state index contributed by atoms with van der Waals surface area (Å²) in [7, 11) is 0. The van der Waals surface area contributed by atoms with Gasteiger partial charge in [-0.05, 0) is 43.4 Å². The quantitative estimate of drug-likeness (QED) is 0.831. The molecule has 3 unspecified atom stereocenters. The molecule has 0 bridgehead atoms. The summed E-state index contributed by atoms with van der Waals surface area (Å²) in [5.74, 6) is 0.650. The van der Waals surface area contributed by atoms with E-state index in [1.807, 2.05) is 12.1 Å². The summed E-state index contributed by atoms with van der Waals surface area (Å²) in [5.41, 5.74) is 1.18. The first-order valence-electron chi connectivity index (χ1n) is 7.22. The molecule has 1 nitrogen and oxygen atoms in total. The summed E-state index contributed by atoms with van der Waals surface area (Å²) in [6.45, 7) is 4.46. The molecule has 1 N–H and O–H groups in total. The van der Waals surface area contributed by atoms with Gasteiger partial charge in [-0.3, -0.25) is 0 Å². The van der Waals surface area contributed by atoms with Crippen molar-refractivity contribution < 1.29 is 4.39 Å². The molecule has 18 heavy (non-hydrogen) atoms. The summed E-state index contributed by atoms with van der Waals surface area (Å²) in [4.78, 5) is 0. The van der Waals surface area contributed by atoms with E-state index >= 15 is 0 Å². The molecule has 1 aliphatic carbocycles. The molecule has 0 heterocycles. The Morgan fingerprint density at radius 1 is 1.22 bits per heavy atom. The molecule has 0 radical (unpaired) electrons. The molecule has 0 saturated heterocycles. The molecule has 3 atom stereocenters. The van der Waals surface area contributed by atoms with E-state index in [-0.39, 0.29) is 5.82 Å². The zero-order valence-electron chi connectivity index (χ0n) is 11.5. The Bertz CT molecular complexity index is 360. The molecule has 2 rings (SSSR count). The highest BCUT2D eigenvalue weighted by Gasteiger charge is 2.24. The largest absolute Gasteiger partial charge is 0.307 e. The maximum Gasteiger partial charge on any atom is 0.123 e. The van der Waals surface area contributed by atoms with Crippen LogP contribution in [-0.2, 0) is 0 Å². The average Bonchev–Trinajstić information content (AvgIpc) is 2.40. The predicted molar refractivity (Wildman–Crippen MR) is 74.0 cm³/mol. The zero-order chi connectivity index (χ0) is 13.0. The Morgan fingerprint density at radius 2 is 1.89 bits per heavy atom. The van der Waals surface area contributed by atoms with Crippen LogP contribution in [0.25, 0.3) is 0 Å². The second-order valence-corrected chi connectivity index (χ2v) is 5.50. The third-order valence-electron chi connectivity index (χ3n) is 4.27. The maximum atomic E-state index is 12.9. The summed E-state index contributed by atoms with van der Waals surface area (Å²) in [5, 5.41) is 3.73. The minimum absolute atomic E-state index is 0.157. The Balaban J connectivity index is 1.97. The van der Waals surface area contributed by atoms with Crippen LogP contribution in [0, 0.1) is 11.7 Å². The monoisotopic (exact) mass is 249 g/mol. The van der Waals surface area contributed by atoms with Gasteiger partial charge in [0.25, 0.3) is 0 Å². The van der Waals surface area contributed by atoms with Gasteiger partial charge < -0.3 is 5.32 Å². The lowest BCUT2D eigenvalue weighted by Gasteiger charge is -2.34. The van der Waals surface area contributed by atoms with E-state index in [9.17, 15) is 4.39 Å². The van der Waals surface area contributed by atoms with Gasteiger partial charge in [-0.15, -0.1) is 0 Å². The van der Waals surface area contributed by atoms with E-state index in [1.165, 1.54) is 37.7 Å². The Morgan fingerprint density at radius 3 is 2.56 bits per heavy atom. The molecular formula is C16H24FN. The molecule has 0 spiro atoms. The van der Waals surface area contributed by atoms with Gasteiger partial charge in [-0.25, -0.2) is 4.39 Å². The van der Waals surface area contributed by atoms with Gasteiger partial charge in [0, 0.05) is 12.1 Å². The van der Waals surface area contributed by atoms with Crippen LogP contribution < -0.4 is 5.32 Å². The van der Waals surface area contributed by atoms with Gasteiger partial charge in [-0.2, -0.15) is 0 Å². The molecule has 1 aromatic carbocycles. The molecule has 2 heteroatoms. The van der Waals surface area contributed by atoms with Crippen molar-refractivity contribution in [2.75, 3.05) is 0 Å². The van der Waals surface area contributed by atoms with Crippen molar-refractivity contribution in [2.45, 2.75) is 58.0 Å². The third kappa shape index (κ3) is 3.32. The SMILES string of the molecule is CCC1CCCCC1NC(C)c1ccc(F)cc1. The minimum atomic E-state index is -0.157. The molecule has 1 fully saturated rings. The third-order valence-corrected chi connectivity index (χ3v) is 4.27. The molecule has 0 aliphatic heterocycles. The van der Waals surface area contributed by atoms with Crippen molar-refractivity contribution in [2.24, 2.45) is 5.92 Å². The molecule has 0 amide bonds. The minimum Gasteiger partial charge on any atom is -0.307 e. The smallest absolute Gasteiger partial charge is 0.123 e.